The molecule has 0 aliphatic heterocycles. The molecule has 0 amide bonds. The Bertz CT molecular complexity index is 383. The van der Waals surface area contributed by atoms with Crippen molar-refractivity contribution in [2.45, 2.75) is 6.92 Å². The standard InChI is InChI=1S/C13H22N2O3/c1-5-15(6-7-16-2)11-9-13(18-4)12(17-3)8-10(11)14/h8-9H,5-7,14H2,1-4H3. The van der Waals surface area contributed by atoms with Gasteiger partial charge in [0.1, 0.15) is 0 Å². The summed E-state index contributed by atoms with van der Waals surface area (Å²) in [5, 5.41) is 0. The van der Waals surface area contributed by atoms with Gasteiger partial charge in [0, 0.05) is 32.3 Å². The SMILES string of the molecule is CCN(CCOC)c1cc(OC)c(OC)cc1N. The summed E-state index contributed by atoms with van der Waals surface area (Å²) >= 11 is 0. The minimum Gasteiger partial charge on any atom is -0.493 e. The second kappa shape index (κ2) is 6.96. The van der Waals surface area contributed by atoms with E-state index in [0.717, 1.165) is 18.8 Å². The zero-order valence-corrected chi connectivity index (χ0v) is 11.5. The lowest BCUT2D eigenvalue weighted by atomic mass is 10.2. The van der Waals surface area contributed by atoms with Crippen LogP contribution in [-0.4, -0.2) is 41.0 Å². The van der Waals surface area contributed by atoms with E-state index in [1.54, 1.807) is 27.4 Å². The normalized spacial score (nSPS) is 10.2. The molecule has 2 N–H and O–H groups in total. The molecule has 0 aliphatic carbocycles. The Morgan fingerprint density at radius 1 is 1.11 bits per heavy atom. The Balaban J connectivity index is 3.06. The summed E-state index contributed by atoms with van der Waals surface area (Å²) in [6.45, 7) is 4.36. The predicted octanol–water partition coefficient (Wildman–Crippen LogP) is 1.76. The van der Waals surface area contributed by atoms with Gasteiger partial charge >= 0.3 is 0 Å². The topological polar surface area (TPSA) is 57.0 Å². The molecule has 0 bridgehead atoms. The Morgan fingerprint density at radius 2 is 1.72 bits per heavy atom. The van der Waals surface area contributed by atoms with Gasteiger partial charge < -0.3 is 24.8 Å². The average molecular weight is 254 g/mol. The molecular weight excluding hydrogens is 232 g/mol. The van der Waals surface area contributed by atoms with Crippen LogP contribution in [0.2, 0.25) is 0 Å². The highest BCUT2D eigenvalue weighted by atomic mass is 16.5. The smallest absolute Gasteiger partial charge is 0.162 e. The van der Waals surface area contributed by atoms with Crippen LogP contribution in [0.15, 0.2) is 12.1 Å². The maximum atomic E-state index is 6.05. The minimum absolute atomic E-state index is 0.640. The maximum Gasteiger partial charge on any atom is 0.162 e. The highest BCUT2D eigenvalue weighted by molar-refractivity contribution is 5.73. The van der Waals surface area contributed by atoms with Crippen molar-refractivity contribution in [2.24, 2.45) is 0 Å². The van der Waals surface area contributed by atoms with Gasteiger partial charge in [0.05, 0.1) is 32.2 Å². The third kappa shape index (κ3) is 3.20. The Morgan fingerprint density at radius 3 is 2.22 bits per heavy atom. The third-order valence-electron chi connectivity index (χ3n) is 2.82. The molecule has 0 aromatic heterocycles. The summed E-state index contributed by atoms with van der Waals surface area (Å²) in [5.74, 6) is 1.32. The lowest BCUT2D eigenvalue weighted by Crippen LogP contribution is -2.27. The van der Waals surface area contributed by atoms with Crippen LogP contribution in [0.1, 0.15) is 6.92 Å². The molecule has 5 nitrogen and oxygen atoms in total. The molecule has 0 aliphatic rings. The first-order valence-electron chi connectivity index (χ1n) is 5.93. The number of nitrogen functional groups attached to an aromatic ring is 1. The molecule has 0 radical (unpaired) electrons. The van der Waals surface area contributed by atoms with Crippen LogP contribution >= 0.6 is 0 Å². The summed E-state index contributed by atoms with van der Waals surface area (Å²) in [4.78, 5) is 2.14. The van der Waals surface area contributed by atoms with Gasteiger partial charge in [0.2, 0.25) is 0 Å². The molecule has 0 spiro atoms. The lowest BCUT2D eigenvalue weighted by molar-refractivity contribution is 0.205. The van der Waals surface area contributed by atoms with Crippen molar-refractivity contribution in [3.05, 3.63) is 12.1 Å². The summed E-state index contributed by atoms with van der Waals surface area (Å²) < 4.78 is 15.6. The van der Waals surface area contributed by atoms with Gasteiger partial charge in [0.25, 0.3) is 0 Å². The zero-order valence-electron chi connectivity index (χ0n) is 11.5. The number of rotatable bonds is 7. The van der Waals surface area contributed by atoms with E-state index in [2.05, 4.69) is 11.8 Å². The number of likely N-dealkylation sites (N-methyl/N-ethyl adjacent to an activating group) is 1. The fourth-order valence-corrected chi connectivity index (χ4v) is 1.81. The van der Waals surface area contributed by atoms with Crippen molar-refractivity contribution in [3.63, 3.8) is 0 Å². The van der Waals surface area contributed by atoms with Crippen LogP contribution in [0.4, 0.5) is 11.4 Å². The Kier molecular flexibility index (Phi) is 5.58. The number of benzene rings is 1. The van der Waals surface area contributed by atoms with E-state index < -0.39 is 0 Å². The third-order valence-corrected chi connectivity index (χ3v) is 2.82. The molecule has 0 unspecified atom stereocenters. The second-order valence-corrected chi connectivity index (χ2v) is 3.84. The van der Waals surface area contributed by atoms with Crippen LogP contribution in [0.25, 0.3) is 0 Å². The Hall–Kier alpha value is -1.62. The summed E-state index contributed by atoms with van der Waals surface area (Å²) in [6.07, 6.45) is 0. The van der Waals surface area contributed by atoms with Gasteiger partial charge in [-0.25, -0.2) is 0 Å². The van der Waals surface area contributed by atoms with Crippen LogP contribution in [0, 0.1) is 0 Å². The zero-order chi connectivity index (χ0) is 13.5. The lowest BCUT2D eigenvalue weighted by Gasteiger charge is -2.25. The van der Waals surface area contributed by atoms with Crippen LogP contribution in [0.3, 0.4) is 0 Å². The number of ether oxygens (including phenoxy) is 3. The van der Waals surface area contributed by atoms with Crippen LogP contribution in [-0.2, 0) is 4.74 Å². The van der Waals surface area contributed by atoms with Crippen molar-refractivity contribution in [1.29, 1.82) is 0 Å². The molecular formula is C13H22N2O3. The quantitative estimate of drug-likeness (QED) is 0.751. The van der Waals surface area contributed by atoms with E-state index in [1.807, 2.05) is 6.07 Å². The van der Waals surface area contributed by atoms with Crippen molar-refractivity contribution in [2.75, 3.05) is 51.7 Å². The number of nitrogens with zero attached hydrogens (tertiary/aromatic N) is 1. The first-order chi connectivity index (χ1) is 8.67. The van der Waals surface area contributed by atoms with Crippen LogP contribution in [0.5, 0.6) is 11.5 Å². The molecule has 18 heavy (non-hydrogen) atoms. The molecule has 102 valence electrons. The molecule has 0 atom stereocenters. The van der Waals surface area contributed by atoms with Crippen molar-refractivity contribution < 1.29 is 14.2 Å². The van der Waals surface area contributed by atoms with Crippen molar-refractivity contribution >= 4 is 11.4 Å². The number of hydrogen-bond acceptors (Lipinski definition) is 5. The maximum absolute atomic E-state index is 6.05. The predicted molar refractivity (Wildman–Crippen MR) is 73.7 cm³/mol. The number of hydrogen-bond donors (Lipinski definition) is 1. The van der Waals surface area contributed by atoms with Gasteiger partial charge in [-0.3, -0.25) is 0 Å². The number of methoxy groups -OCH3 is 3. The molecule has 0 saturated carbocycles. The van der Waals surface area contributed by atoms with E-state index in [1.165, 1.54) is 0 Å². The number of anilines is 2. The summed E-state index contributed by atoms with van der Waals surface area (Å²) in [6, 6.07) is 3.68. The average Bonchev–Trinajstić information content (AvgIpc) is 2.40. The first kappa shape index (κ1) is 14.4. The molecule has 0 fully saturated rings. The fourth-order valence-electron chi connectivity index (χ4n) is 1.81. The van der Waals surface area contributed by atoms with E-state index >= 15 is 0 Å². The highest BCUT2D eigenvalue weighted by Gasteiger charge is 2.13. The Labute approximate surface area is 108 Å². The van der Waals surface area contributed by atoms with E-state index in [9.17, 15) is 0 Å². The highest BCUT2D eigenvalue weighted by Crippen LogP contribution is 2.36. The second-order valence-electron chi connectivity index (χ2n) is 3.84. The van der Waals surface area contributed by atoms with E-state index in [-0.39, 0.29) is 0 Å². The van der Waals surface area contributed by atoms with Crippen molar-refractivity contribution in [1.82, 2.24) is 0 Å². The van der Waals surface area contributed by atoms with E-state index in [0.29, 0.717) is 23.8 Å². The molecule has 0 saturated heterocycles. The summed E-state index contributed by atoms with van der Waals surface area (Å²) in [5.41, 5.74) is 7.66. The molecule has 1 aromatic rings. The van der Waals surface area contributed by atoms with Gasteiger partial charge in [-0.05, 0) is 6.92 Å². The largest absolute Gasteiger partial charge is 0.493 e. The molecule has 1 aromatic carbocycles. The first-order valence-corrected chi connectivity index (χ1v) is 5.93. The van der Waals surface area contributed by atoms with Gasteiger partial charge in [-0.15, -0.1) is 0 Å². The van der Waals surface area contributed by atoms with Gasteiger partial charge in [0.15, 0.2) is 11.5 Å². The fraction of sp³-hybridized carbons (Fsp3) is 0.538. The minimum atomic E-state index is 0.640. The van der Waals surface area contributed by atoms with Gasteiger partial charge in [-0.1, -0.05) is 0 Å². The summed E-state index contributed by atoms with van der Waals surface area (Å²) in [7, 11) is 4.90. The van der Waals surface area contributed by atoms with E-state index in [4.69, 9.17) is 19.9 Å². The number of nitrogens with two attached hydrogens (primary N) is 1. The van der Waals surface area contributed by atoms with Gasteiger partial charge in [-0.2, -0.15) is 0 Å². The molecule has 1 rings (SSSR count). The molecule has 5 heteroatoms. The van der Waals surface area contributed by atoms with Crippen molar-refractivity contribution in [3.8, 4) is 11.5 Å². The van der Waals surface area contributed by atoms with Crippen LogP contribution < -0.4 is 20.1 Å². The monoisotopic (exact) mass is 254 g/mol. The molecule has 0 heterocycles.